The van der Waals surface area contributed by atoms with Crippen molar-refractivity contribution in [3.8, 4) is 17.2 Å². The van der Waals surface area contributed by atoms with E-state index in [0.717, 1.165) is 46.5 Å². The Morgan fingerprint density at radius 2 is 1.89 bits per heavy atom. The van der Waals surface area contributed by atoms with Crippen molar-refractivity contribution in [3.63, 3.8) is 0 Å². The molecule has 0 fully saturated rings. The fourth-order valence-corrected chi connectivity index (χ4v) is 2.86. The molecular weight excluding hydrogens is 256 g/mol. The average Bonchev–Trinajstić information content (AvgIpc) is 2.45. The van der Waals surface area contributed by atoms with Gasteiger partial charge in [-0.05, 0) is 30.7 Å². The topological polar surface area (TPSA) is 18.5 Å². The molecule has 1 aliphatic rings. The van der Waals surface area contributed by atoms with Crippen LogP contribution in [0.2, 0.25) is 0 Å². The van der Waals surface area contributed by atoms with Crippen LogP contribution in [0.25, 0.3) is 0 Å². The second-order valence-corrected chi connectivity index (χ2v) is 5.55. The number of hydrogen-bond donors (Lipinski definition) is 0. The maximum Gasteiger partial charge on any atom is 0.145 e. The lowest BCUT2D eigenvalue weighted by molar-refractivity contribution is 0.307. The first-order valence-corrected chi connectivity index (χ1v) is 7.40. The summed E-state index contributed by atoms with van der Waals surface area (Å²) < 4.78 is 11.6. The molecule has 0 aromatic heterocycles. The fraction of sp³-hybridized carbons (Fsp3) is 0.250. The van der Waals surface area contributed by atoms with Crippen molar-refractivity contribution in [2.45, 2.75) is 29.6 Å². The highest BCUT2D eigenvalue weighted by atomic mass is 32.2. The minimum Gasteiger partial charge on any atom is -0.493 e. The van der Waals surface area contributed by atoms with Gasteiger partial charge in [-0.25, -0.2) is 0 Å². The molecule has 0 bridgehead atoms. The SMILES string of the molecule is CCCCOc1ccc2c(c1)Oc1ccccc1S2. The molecule has 0 N–H and O–H groups in total. The van der Waals surface area contributed by atoms with E-state index < -0.39 is 0 Å². The minimum absolute atomic E-state index is 0.763. The van der Waals surface area contributed by atoms with Gasteiger partial charge < -0.3 is 9.47 Å². The van der Waals surface area contributed by atoms with E-state index in [1.807, 2.05) is 30.3 Å². The van der Waals surface area contributed by atoms with Crippen LogP contribution in [0.4, 0.5) is 0 Å². The van der Waals surface area contributed by atoms with Gasteiger partial charge in [0.25, 0.3) is 0 Å². The van der Waals surface area contributed by atoms with Gasteiger partial charge in [-0.2, -0.15) is 0 Å². The highest BCUT2D eigenvalue weighted by Gasteiger charge is 2.17. The smallest absolute Gasteiger partial charge is 0.145 e. The van der Waals surface area contributed by atoms with Crippen molar-refractivity contribution in [2.24, 2.45) is 0 Å². The Labute approximate surface area is 117 Å². The fourth-order valence-electron chi connectivity index (χ4n) is 1.93. The first kappa shape index (κ1) is 12.4. The van der Waals surface area contributed by atoms with Gasteiger partial charge in [0.05, 0.1) is 16.4 Å². The quantitative estimate of drug-likeness (QED) is 0.614. The van der Waals surface area contributed by atoms with Gasteiger partial charge in [0.15, 0.2) is 0 Å². The van der Waals surface area contributed by atoms with Crippen molar-refractivity contribution >= 4 is 11.8 Å². The van der Waals surface area contributed by atoms with Crippen LogP contribution in [0.5, 0.6) is 17.2 Å². The molecule has 0 radical (unpaired) electrons. The summed E-state index contributed by atoms with van der Waals surface area (Å²) in [6.45, 7) is 2.92. The Hall–Kier alpha value is -1.61. The van der Waals surface area contributed by atoms with Crippen LogP contribution in [-0.2, 0) is 0 Å². The molecule has 3 rings (SSSR count). The zero-order valence-electron chi connectivity index (χ0n) is 10.9. The van der Waals surface area contributed by atoms with Crippen LogP contribution >= 0.6 is 11.8 Å². The first-order valence-electron chi connectivity index (χ1n) is 6.58. The highest BCUT2D eigenvalue weighted by molar-refractivity contribution is 7.99. The number of benzene rings is 2. The van der Waals surface area contributed by atoms with Gasteiger partial charge in [0.1, 0.15) is 17.2 Å². The third kappa shape index (κ3) is 2.71. The molecule has 0 unspecified atom stereocenters. The molecule has 2 aromatic carbocycles. The number of ether oxygens (including phenoxy) is 2. The van der Waals surface area contributed by atoms with Gasteiger partial charge in [-0.3, -0.25) is 0 Å². The molecule has 1 aliphatic heterocycles. The predicted octanol–water partition coefficient (Wildman–Crippen LogP) is 5.12. The van der Waals surface area contributed by atoms with E-state index in [0.29, 0.717) is 0 Å². The summed E-state index contributed by atoms with van der Waals surface area (Å²) >= 11 is 1.74. The van der Waals surface area contributed by atoms with E-state index in [1.165, 1.54) is 0 Å². The van der Waals surface area contributed by atoms with Crippen LogP contribution in [0.1, 0.15) is 19.8 Å². The Kier molecular flexibility index (Phi) is 3.65. The molecule has 2 aromatic rings. The lowest BCUT2D eigenvalue weighted by Gasteiger charge is -2.20. The molecule has 19 heavy (non-hydrogen) atoms. The molecule has 2 nitrogen and oxygen atoms in total. The molecule has 0 atom stereocenters. The summed E-state index contributed by atoms with van der Waals surface area (Å²) in [5, 5.41) is 0. The predicted molar refractivity (Wildman–Crippen MR) is 77.5 cm³/mol. The third-order valence-electron chi connectivity index (χ3n) is 2.97. The Morgan fingerprint density at radius 1 is 1.05 bits per heavy atom. The molecule has 0 saturated carbocycles. The Morgan fingerprint density at radius 3 is 2.79 bits per heavy atom. The standard InChI is InChI=1S/C16H16O2S/c1-2-3-10-17-12-8-9-16-14(11-12)18-13-6-4-5-7-15(13)19-16/h4-9,11H,2-3,10H2,1H3. The summed E-state index contributed by atoms with van der Waals surface area (Å²) in [7, 11) is 0. The van der Waals surface area contributed by atoms with Crippen LogP contribution in [0.15, 0.2) is 52.3 Å². The van der Waals surface area contributed by atoms with E-state index >= 15 is 0 Å². The first-order chi connectivity index (χ1) is 9.36. The molecule has 0 amide bonds. The summed E-state index contributed by atoms with van der Waals surface area (Å²) in [5.41, 5.74) is 0. The minimum atomic E-state index is 0.763. The summed E-state index contributed by atoms with van der Waals surface area (Å²) in [5.74, 6) is 2.69. The highest BCUT2D eigenvalue weighted by Crippen LogP contribution is 2.47. The summed E-state index contributed by atoms with van der Waals surface area (Å²) in [6.07, 6.45) is 2.22. The van der Waals surface area contributed by atoms with Crippen LogP contribution in [0, 0.1) is 0 Å². The average molecular weight is 272 g/mol. The third-order valence-corrected chi connectivity index (χ3v) is 4.09. The molecule has 0 saturated heterocycles. The van der Waals surface area contributed by atoms with Crippen molar-refractivity contribution in [1.82, 2.24) is 0 Å². The lowest BCUT2D eigenvalue weighted by Crippen LogP contribution is -1.99. The molecular formula is C16H16O2S. The number of rotatable bonds is 4. The zero-order valence-corrected chi connectivity index (χ0v) is 11.7. The largest absolute Gasteiger partial charge is 0.493 e. The number of para-hydroxylation sites is 1. The van der Waals surface area contributed by atoms with Crippen molar-refractivity contribution < 1.29 is 9.47 Å². The second-order valence-electron chi connectivity index (χ2n) is 4.46. The maximum atomic E-state index is 5.92. The lowest BCUT2D eigenvalue weighted by atomic mass is 10.3. The molecule has 1 heterocycles. The summed E-state index contributed by atoms with van der Waals surface area (Å²) in [6, 6.07) is 14.2. The van der Waals surface area contributed by atoms with Gasteiger partial charge in [-0.15, -0.1) is 0 Å². The summed E-state index contributed by atoms with van der Waals surface area (Å²) in [4.78, 5) is 2.30. The van der Waals surface area contributed by atoms with E-state index in [1.54, 1.807) is 11.8 Å². The Balaban J connectivity index is 1.80. The van der Waals surface area contributed by atoms with Crippen molar-refractivity contribution in [1.29, 1.82) is 0 Å². The zero-order chi connectivity index (χ0) is 13.1. The molecule has 0 aliphatic carbocycles. The van der Waals surface area contributed by atoms with Gasteiger partial charge >= 0.3 is 0 Å². The van der Waals surface area contributed by atoms with E-state index in [2.05, 4.69) is 19.1 Å². The van der Waals surface area contributed by atoms with Crippen molar-refractivity contribution in [3.05, 3.63) is 42.5 Å². The van der Waals surface area contributed by atoms with E-state index in [-0.39, 0.29) is 0 Å². The van der Waals surface area contributed by atoms with Crippen molar-refractivity contribution in [2.75, 3.05) is 6.61 Å². The van der Waals surface area contributed by atoms with Gasteiger partial charge in [0, 0.05) is 6.07 Å². The maximum absolute atomic E-state index is 5.92. The number of unbranched alkanes of at least 4 members (excludes halogenated alkanes) is 1. The second kappa shape index (κ2) is 5.57. The monoisotopic (exact) mass is 272 g/mol. The van der Waals surface area contributed by atoms with E-state index in [9.17, 15) is 0 Å². The molecule has 0 spiro atoms. The van der Waals surface area contributed by atoms with E-state index in [4.69, 9.17) is 9.47 Å². The normalized spacial score (nSPS) is 12.3. The van der Waals surface area contributed by atoms with Gasteiger partial charge in [-0.1, -0.05) is 37.2 Å². The van der Waals surface area contributed by atoms with Gasteiger partial charge in [0.2, 0.25) is 0 Å². The molecule has 3 heteroatoms. The molecule has 98 valence electrons. The van der Waals surface area contributed by atoms with Crippen LogP contribution in [0.3, 0.4) is 0 Å². The number of fused-ring (bicyclic) bond motifs is 2. The van der Waals surface area contributed by atoms with Crippen LogP contribution < -0.4 is 9.47 Å². The Bertz CT molecular complexity index is 581. The number of hydrogen-bond acceptors (Lipinski definition) is 3. The van der Waals surface area contributed by atoms with Crippen LogP contribution in [-0.4, -0.2) is 6.61 Å².